The molecule has 0 spiro atoms. The lowest BCUT2D eigenvalue weighted by Gasteiger charge is -2.21. The van der Waals surface area contributed by atoms with Crippen LogP contribution < -0.4 is 27.8 Å². The molecule has 0 saturated carbocycles. The van der Waals surface area contributed by atoms with Crippen molar-refractivity contribution in [2.45, 2.75) is 37.4 Å². The second-order valence-corrected chi connectivity index (χ2v) is 7.63. The molecule has 0 bridgehead atoms. The number of aromatic amines is 1. The molecule has 11 nitrogen and oxygen atoms in total. The lowest BCUT2D eigenvalue weighted by atomic mass is 10.0. The number of amides is 2. The van der Waals surface area contributed by atoms with E-state index >= 15 is 0 Å². The average Bonchev–Trinajstić information content (AvgIpc) is 3.16. The number of para-hydroxylation sites is 1. The van der Waals surface area contributed by atoms with Gasteiger partial charge in [-0.2, -0.15) is 12.6 Å². The quantitative estimate of drug-likeness (QED) is 0.0859. The van der Waals surface area contributed by atoms with Gasteiger partial charge in [0.15, 0.2) is 5.96 Å². The minimum Gasteiger partial charge on any atom is -0.480 e. The molecule has 2 amide bonds. The Kier molecular flexibility index (Phi) is 9.35. The van der Waals surface area contributed by atoms with Crippen LogP contribution in [-0.4, -0.2) is 64.3 Å². The fourth-order valence-corrected chi connectivity index (χ4v) is 3.39. The van der Waals surface area contributed by atoms with Crippen molar-refractivity contribution in [3.05, 3.63) is 36.0 Å². The Hall–Kier alpha value is -3.25. The SMILES string of the molecule is NC(N)=NCCCC(NC(=O)C(CS)NC(=O)C(N)Cc1c[nH]c2ccccc12)C(=O)O. The number of hydrogen-bond donors (Lipinski definition) is 8. The van der Waals surface area contributed by atoms with Gasteiger partial charge >= 0.3 is 5.97 Å². The summed E-state index contributed by atoms with van der Waals surface area (Å²) in [6.07, 6.45) is 2.52. The lowest BCUT2D eigenvalue weighted by molar-refractivity contribution is -0.142. The molecule has 1 aromatic carbocycles. The molecule has 1 heterocycles. The van der Waals surface area contributed by atoms with E-state index in [1.165, 1.54) is 0 Å². The summed E-state index contributed by atoms with van der Waals surface area (Å²) in [6, 6.07) is 4.53. The smallest absolute Gasteiger partial charge is 0.326 e. The number of rotatable bonds is 12. The first-order valence-electron chi connectivity index (χ1n) is 10.0. The fraction of sp³-hybridized carbons (Fsp3) is 0.400. The maximum atomic E-state index is 12.6. The van der Waals surface area contributed by atoms with E-state index in [1.807, 2.05) is 24.3 Å². The third-order valence-electron chi connectivity index (χ3n) is 4.83. The number of H-pyrrole nitrogens is 1. The molecule has 10 N–H and O–H groups in total. The number of carboxylic acid groups (broad SMARTS) is 1. The van der Waals surface area contributed by atoms with E-state index in [2.05, 4.69) is 33.2 Å². The summed E-state index contributed by atoms with van der Waals surface area (Å²) < 4.78 is 0. The lowest BCUT2D eigenvalue weighted by Crippen LogP contribution is -2.55. The van der Waals surface area contributed by atoms with Crippen molar-refractivity contribution in [3.8, 4) is 0 Å². The second kappa shape index (κ2) is 12.0. The van der Waals surface area contributed by atoms with Gasteiger partial charge in [0, 0.05) is 29.4 Å². The highest BCUT2D eigenvalue weighted by molar-refractivity contribution is 7.80. The van der Waals surface area contributed by atoms with Crippen LogP contribution in [0.4, 0.5) is 0 Å². The number of fused-ring (bicyclic) bond motifs is 1. The van der Waals surface area contributed by atoms with Crippen LogP contribution >= 0.6 is 12.6 Å². The number of thiol groups is 1. The summed E-state index contributed by atoms with van der Waals surface area (Å²) in [7, 11) is 0. The van der Waals surface area contributed by atoms with Crippen LogP contribution in [0.15, 0.2) is 35.5 Å². The van der Waals surface area contributed by atoms with Crippen LogP contribution in [0.1, 0.15) is 18.4 Å². The molecule has 174 valence electrons. The van der Waals surface area contributed by atoms with Gasteiger partial charge in [0.2, 0.25) is 11.8 Å². The molecule has 2 aromatic rings. The Bertz CT molecular complexity index is 974. The zero-order valence-corrected chi connectivity index (χ0v) is 18.3. The molecule has 3 unspecified atom stereocenters. The van der Waals surface area contributed by atoms with Gasteiger partial charge in [-0.25, -0.2) is 4.79 Å². The molecule has 0 aliphatic heterocycles. The number of aromatic nitrogens is 1. The van der Waals surface area contributed by atoms with Gasteiger partial charge in [0.05, 0.1) is 6.04 Å². The molecule has 3 atom stereocenters. The van der Waals surface area contributed by atoms with E-state index in [9.17, 15) is 19.5 Å². The van der Waals surface area contributed by atoms with Crippen LogP contribution in [0.5, 0.6) is 0 Å². The Labute approximate surface area is 190 Å². The summed E-state index contributed by atoms with van der Waals surface area (Å²) in [5.41, 5.74) is 18.3. The average molecular weight is 464 g/mol. The first-order chi connectivity index (χ1) is 15.2. The molecule has 1 aromatic heterocycles. The fourth-order valence-electron chi connectivity index (χ4n) is 3.14. The van der Waals surface area contributed by atoms with Crippen molar-refractivity contribution in [1.29, 1.82) is 0 Å². The van der Waals surface area contributed by atoms with Gasteiger partial charge in [0.25, 0.3) is 0 Å². The van der Waals surface area contributed by atoms with Gasteiger partial charge in [-0.1, -0.05) is 18.2 Å². The number of aliphatic carboxylic acids is 1. The van der Waals surface area contributed by atoms with Crippen molar-refractivity contribution in [1.82, 2.24) is 15.6 Å². The maximum absolute atomic E-state index is 12.6. The molecule has 12 heteroatoms. The van der Waals surface area contributed by atoms with Crippen LogP contribution in [0.25, 0.3) is 10.9 Å². The Morgan fingerprint density at radius 2 is 1.81 bits per heavy atom. The predicted molar refractivity (Wildman–Crippen MR) is 125 cm³/mol. The molecule has 0 aliphatic rings. The summed E-state index contributed by atoms with van der Waals surface area (Å²) >= 11 is 4.10. The number of nitrogens with zero attached hydrogens (tertiary/aromatic N) is 1. The molecular formula is C20H29N7O4S. The van der Waals surface area contributed by atoms with Gasteiger partial charge in [-0.05, 0) is 30.9 Å². The highest BCUT2D eigenvalue weighted by Gasteiger charge is 2.27. The number of carboxylic acids is 1. The Balaban J connectivity index is 1.93. The number of nitrogens with one attached hydrogen (secondary N) is 3. The van der Waals surface area contributed by atoms with E-state index in [4.69, 9.17) is 17.2 Å². The zero-order valence-electron chi connectivity index (χ0n) is 17.5. The maximum Gasteiger partial charge on any atom is 0.326 e. The number of guanidine groups is 1. The molecule has 2 rings (SSSR count). The van der Waals surface area contributed by atoms with Crippen molar-refractivity contribution >= 4 is 47.3 Å². The Morgan fingerprint density at radius 1 is 1.12 bits per heavy atom. The highest BCUT2D eigenvalue weighted by Crippen LogP contribution is 2.18. The minimum absolute atomic E-state index is 0.0300. The van der Waals surface area contributed by atoms with Crippen molar-refractivity contribution in [3.63, 3.8) is 0 Å². The van der Waals surface area contributed by atoms with Crippen molar-refractivity contribution in [2.24, 2.45) is 22.2 Å². The van der Waals surface area contributed by atoms with E-state index in [-0.39, 0.29) is 31.1 Å². The number of benzene rings is 1. The third kappa shape index (κ3) is 7.17. The van der Waals surface area contributed by atoms with Crippen LogP contribution in [0, 0.1) is 0 Å². The second-order valence-electron chi connectivity index (χ2n) is 7.26. The standard InChI is InChI=1S/C20H29N7O4S/c21-13(8-11-9-25-14-5-2-1-4-12(11)14)17(28)27-16(10-32)18(29)26-15(19(30)31)6-3-7-24-20(22)23/h1-2,4-5,9,13,15-16,25,32H,3,6-8,10,21H2,(H,26,29)(H,27,28)(H,30,31)(H4,22,23,24). The molecule has 0 fully saturated rings. The van der Waals surface area contributed by atoms with Gasteiger partial charge in [-0.15, -0.1) is 0 Å². The van der Waals surface area contributed by atoms with E-state index in [0.717, 1.165) is 16.5 Å². The van der Waals surface area contributed by atoms with Crippen molar-refractivity contribution in [2.75, 3.05) is 12.3 Å². The highest BCUT2D eigenvalue weighted by atomic mass is 32.1. The molecule has 32 heavy (non-hydrogen) atoms. The largest absolute Gasteiger partial charge is 0.480 e. The van der Waals surface area contributed by atoms with Gasteiger partial charge in [0.1, 0.15) is 12.1 Å². The van der Waals surface area contributed by atoms with Crippen molar-refractivity contribution < 1.29 is 19.5 Å². The summed E-state index contributed by atoms with van der Waals surface area (Å²) in [6.45, 7) is 0.234. The summed E-state index contributed by atoms with van der Waals surface area (Å²) in [5, 5.41) is 15.3. The van der Waals surface area contributed by atoms with Crippen LogP contribution in [0.2, 0.25) is 0 Å². The molecule has 0 saturated heterocycles. The first kappa shape index (κ1) is 25.0. The number of hydrogen-bond acceptors (Lipinski definition) is 6. The third-order valence-corrected chi connectivity index (χ3v) is 5.19. The number of nitrogens with two attached hydrogens (primary N) is 3. The Morgan fingerprint density at radius 3 is 2.47 bits per heavy atom. The first-order valence-corrected chi connectivity index (χ1v) is 10.7. The number of carbonyl (C=O) groups is 3. The molecular weight excluding hydrogens is 434 g/mol. The van der Waals surface area contributed by atoms with E-state index in [0.29, 0.717) is 6.42 Å². The van der Waals surface area contributed by atoms with Gasteiger partial charge < -0.3 is 37.9 Å². The van der Waals surface area contributed by atoms with E-state index < -0.39 is 35.9 Å². The normalized spacial score (nSPS) is 13.7. The minimum atomic E-state index is -1.21. The number of aliphatic imine (C=N–C) groups is 1. The van der Waals surface area contributed by atoms with Crippen LogP contribution in [0.3, 0.4) is 0 Å². The predicted octanol–water partition coefficient (Wildman–Crippen LogP) is -0.925. The molecule has 0 aliphatic carbocycles. The van der Waals surface area contributed by atoms with Crippen LogP contribution in [-0.2, 0) is 20.8 Å². The van der Waals surface area contributed by atoms with Gasteiger partial charge in [-0.3, -0.25) is 14.6 Å². The monoisotopic (exact) mass is 463 g/mol. The summed E-state index contributed by atoms with van der Waals surface area (Å²) in [4.78, 5) is 43.4. The number of carbonyl (C=O) groups excluding carboxylic acids is 2. The summed E-state index contributed by atoms with van der Waals surface area (Å²) in [5.74, 6) is -2.53. The topological polar surface area (TPSA) is 202 Å². The zero-order chi connectivity index (χ0) is 23.7. The van der Waals surface area contributed by atoms with E-state index in [1.54, 1.807) is 6.20 Å². The molecule has 0 radical (unpaired) electrons.